The minimum absolute atomic E-state index is 0.0376. The SMILES string of the molecule is COc1ccc2ccccc2c1C1Nc2ccc(N(C)C(C)=O)cc2C2C=CCC21. The zero-order valence-electron chi connectivity index (χ0n) is 17.6. The summed E-state index contributed by atoms with van der Waals surface area (Å²) in [6, 6.07) is 19.2. The van der Waals surface area contributed by atoms with Crippen molar-refractivity contribution in [1.29, 1.82) is 0 Å². The molecule has 4 heteroatoms. The topological polar surface area (TPSA) is 41.6 Å². The third-order valence-corrected chi connectivity index (χ3v) is 6.67. The largest absolute Gasteiger partial charge is 0.496 e. The normalized spacial score (nSPS) is 21.6. The van der Waals surface area contributed by atoms with E-state index in [-0.39, 0.29) is 11.9 Å². The van der Waals surface area contributed by atoms with Crippen molar-refractivity contribution in [3.63, 3.8) is 0 Å². The highest BCUT2D eigenvalue weighted by atomic mass is 16.5. The Morgan fingerprint density at radius 3 is 2.77 bits per heavy atom. The summed E-state index contributed by atoms with van der Waals surface area (Å²) >= 11 is 0. The molecule has 0 radical (unpaired) electrons. The van der Waals surface area contributed by atoms with Crippen LogP contribution < -0.4 is 15.0 Å². The van der Waals surface area contributed by atoms with E-state index in [0.717, 1.165) is 23.5 Å². The summed E-state index contributed by atoms with van der Waals surface area (Å²) in [6.45, 7) is 1.60. The summed E-state index contributed by atoms with van der Waals surface area (Å²) < 4.78 is 5.82. The Bertz CT molecular complexity index is 1170. The molecule has 3 atom stereocenters. The van der Waals surface area contributed by atoms with Gasteiger partial charge in [0.25, 0.3) is 0 Å². The van der Waals surface area contributed by atoms with Crippen molar-refractivity contribution in [1.82, 2.24) is 0 Å². The van der Waals surface area contributed by atoms with Crippen LogP contribution in [0.25, 0.3) is 10.8 Å². The fraction of sp³-hybridized carbons (Fsp3) is 0.269. The lowest BCUT2D eigenvalue weighted by atomic mass is 9.75. The van der Waals surface area contributed by atoms with E-state index in [2.05, 4.69) is 66.0 Å². The first-order valence-corrected chi connectivity index (χ1v) is 10.5. The van der Waals surface area contributed by atoms with E-state index in [1.165, 1.54) is 21.9 Å². The lowest BCUT2D eigenvalue weighted by Gasteiger charge is -2.39. The third-order valence-electron chi connectivity index (χ3n) is 6.67. The van der Waals surface area contributed by atoms with E-state index >= 15 is 0 Å². The molecular weight excluding hydrogens is 372 g/mol. The predicted molar refractivity (Wildman–Crippen MR) is 122 cm³/mol. The van der Waals surface area contributed by atoms with Gasteiger partial charge in [-0.25, -0.2) is 0 Å². The minimum atomic E-state index is 0.0376. The maximum Gasteiger partial charge on any atom is 0.223 e. The summed E-state index contributed by atoms with van der Waals surface area (Å²) in [7, 11) is 3.57. The fourth-order valence-corrected chi connectivity index (χ4v) is 5.03. The van der Waals surface area contributed by atoms with E-state index in [1.807, 2.05) is 13.1 Å². The number of allylic oxidation sites excluding steroid dienone is 2. The van der Waals surface area contributed by atoms with E-state index < -0.39 is 0 Å². The third kappa shape index (κ3) is 2.86. The number of amides is 1. The Morgan fingerprint density at radius 1 is 1.13 bits per heavy atom. The minimum Gasteiger partial charge on any atom is -0.496 e. The van der Waals surface area contributed by atoms with Gasteiger partial charge in [0.15, 0.2) is 0 Å². The van der Waals surface area contributed by atoms with Crippen molar-refractivity contribution < 1.29 is 9.53 Å². The van der Waals surface area contributed by atoms with E-state index in [1.54, 1.807) is 18.9 Å². The van der Waals surface area contributed by atoms with Crippen LogP contribution in [0.2, 0.25) is 0 Å². The second kappa shape index (κ2) is 7.21. The van der Waals surface area contributed by atoms with Crippen LogP contribution in [-0.2, 0) is 4.79 Å². The van der Waals surface area contributed by atoms with Gasteiger partial charge in [0.05, 0.1) is 13.2 Å². The number of carbonyl (C=O) groups is 1. The van der Waals surface area contributed by atoms with Crippen molar-refractivity contribution >= 4 is 28.1 Å². The number of fused-ring (bicyclic) bond motifs is 4. The number of rotatable bonds is 3. The van der Waals surface area contributed by atoms with Gasteiger partial charge in [0.1, 0.15) is 5.75 Å². The first kappa shape index (κ1) is 18.7. The van der Waals surface area contributed by atoms with E-state index in [4.69, 9.17) is 4.74 Å². The molecule has 152 valence electrons. The maximum atomic E-state index is 11.9. The van der Waals surface area contributed by atoms with Crippen LogP contribution in [0.15, 0.2) is 66.7 Å². The molecule has 30 heavy (non-hydrogen) atoms. The van der Waals surface area contributed by atoms with Gasteiger partial charge in [0, 0.05) is 36.8 Å². The predicted octanol–water partition coefficient (Wildman–Crippen LogP) is 5.66. The number of hydrogen-bond donors (Lipinski definition) is 1. The number of nitrogens with zero attached hydrogens (tertiary/aromatic N) is 1. The van der Waals surface area contributed by atoms with Crippen LogP contribution >= 0.6 is 0 Å². The summed E-state index contributed by atoms with van der Waals surface area (Å²) in [5.41, 5.74) is 4.55. The first-order valence-electron chi connectivity index (χ1n) is 10.5. The number of anilines is 2. The van der Waals surface area contributed by atoms with Gasteiger partial charge >= 0.3 is 0 Å². The van der Waals surface area contributed by atoms with Crippen LogP contribution in [0.3, 0.4) is 0 Å². The quantitative estimate of drug-likeness (QED) is 0.579. The van der Waals surface area contributed by atoms with Crippen molar-refractivity contribution in [3.05, 3.63) is 77.9 Å². The molecule has 0 aromatic heterocycles. The molecule has 0 bridgehead atoms. The van der Waals surface area contributed by atoms with Crippen molar-refractivity contribution in [2.24, 2.45) is 5.92 Å². The molecule has 1 heterocycles. The van der Waals surface area contributed by atoms with Gasteiger partial charge in [0.2, 0.25) is 5.91 Å². The highest BCUT2D eigenvalue weighted by Gasteiger charge is 2.39. The molecule has 3 unspecified atom stereocenters. The highest BCUT2D eigenvalue weighted by molar-refractivity contribution is 5.92. The van der Waals surface area contributed by atoms with Crippen molar-refractivity contribution in [3.8, 4) is 5.75 Å². The lowest BCUT2D eigenvalue weighted by molar-refractivity contribution is -0.116. The van der Waals surface area contributed by atoms with Gasteiger partial charge in [-0.3, -0.25) is 4.79 Å². The Labute approximate surface area is 177 Å². The fourth-order valence-electron chi connectivity index (χ4n) is 5.03. The number of methoxy groups -OCH3 is 1. The second-order valence-electron chi connectivity index (χ2n) is 8.23. The summed E-state index contributed by atoms with van der Waals surface area (Å²) in [4.78, 5) is 13.6. The van der Waals surface area contributed by atoms with Crippen LogP contribution in [0.5, 0.6) is 5.75 Å². The number of hydrogen-bond acceptors (Lipinski definition) is 3. The van der Waals surface area contributed by atoms with E-state index in [0.29, 0.717) is 11.8 Å². The van der Waals surface area contributed by atoms with Gasteiger partial charge in [-0.2, -0.15) is 0 Å². The van der Waals surface area contributed by atoms with Crippen molar-refractivity contribution in [2.45, 2.75) is 25.3 Å². The molecule has 1 aliphatic heterocycles. The van der Waals surface area contributed by atoms with Crippen molar-refractivity contribution in [2.75, 3.05) is 24.4 Å². The molecule has 0 saturated carbocycles. The molecule has 3 aromatic rings. The van der Waals surface area contributed by atoms with Crippen LogP contribution in [0.1, 0.15) is 36.4 Å². The molecule has 5 rings (SSSR count). The summed E-state index contributed by atoms with van der Waals surface area (Å²) in [6.07, 6.45) is 5.63. The molecule has 0 spiro atoms. The number of ether oxygens (including phenoxy) is 1. The molecule has 1 amide bonds. The number of carbonyl (C=O) groups excluding carboxylic acids is 1. The molecule has 1 aliphatic carbocycles. The monoisotopic (exact) mass is 398 g/mol. The average Bonchev–Trinajstić information content (AvgIpc) is 3.27. The molecule has 2 aliphatic rings. The maximum absolute atomic E-state index is 11.9. The lowest BCUT2D eigenvalue weighted by Crippen LogP contribution is -2.30. The standard InChI is InChI=1S/C26H26N2O2/c1-16(29)28(2)18-12-13-23-22(15-18)20-9-6-10-21(20)26(27-23)25-19-8-5-4-7-17(19)11-14-24(25)30-3/h4-9,11-15,20-21,26-27H,10H2,1-3H3. The van der Waals surface area contributed by atoms with Crippen LogP contribution in [0.4, 0.5) is 11.4 Å². The van der Waals surface area contributed by atoms with Crippen LogP contribution in [-0.4, -0.2) is 20.1 Å². The number of benzene rings is 3. The zero-order chi connectivity index (χ0) is 20.8. The van der Waals surface area contributed by atoms with Gasteiger partial charge in [-0.05, 0) is 52.9 Å². The number of nitrogens with one attached hydrogen (secondary N) is 1. The molecular formula is C26H26N2O2. The van der Waals surface area contributed by atoms with Gasteiger partial charge in [-0.1, -0.05) is 42.5 Å². The second-order valence-corrected chi connectivity index (χ2v) is 8.23. The zero-order valence-corrected chi connectivity index (χ0v) is 17.6. The Balaban J connectivity index is 1.64. The van der Waals surface area contributed by atoms with Gasteiger partial charge in [-0.15, -0.1) is 0 Å². The Hall–Kier alpha value is -3.27. The summed E-state index contributed by atoms with van der Waals surface area (Å²) in [5, 5.41) is 6.28. The first-order chi connectivity index (χ1) is 14.6. The molecule has 0 saturated heterocycles. The van der Waals surface area contributed by atoms with Gasteiger partial charge < -0.3 is 15.0 Å². The van der Waals surface area contributed by atoms with E-state index in [9.17, 15) is 4.79 Å². The molecule has 4 nitrogen and oxygen atoms in total. The van der Waals surface area contributed by atoms with Crippen LogP contribution in [0, 0.1) is 5.92 Å². The average molecular weight is 399 g/mol. The Morgan fingerprint density at radius 2 is 1.97 bits per heavy atom. The summed E-state index contributed by atoms with van der Waals surface area (Å²) in [5.74, 6) is 1.68. The Kier molecular flexibility index (Phi) is 4.50. The smallest absolute Gasteiger partial charge is 0.223 e. The molecule has 3 aromatic carbocycles. The highest BCUT2D eigenvalue weighted by Crippen LogP contribution is 2.52. The molecule has 0 fully saturated rings. The molecule has 1 N–H and O–H groups in total.